The first kappa shape index (κ1) is 16.6. The van der Waals surface area contributed by atoms with Gasteiger partial charge in [0.2, 0.25) is 0 Å². The van der Waals surface area contributed by atoms with Crippen LogP contribution in [0.5, 0.6) is 11.5 Å². The number of allylic oxidation sites excluding steroid dienone is 1. The fourth-order valence-electron chi connectivity index (χ4n) is 1.81. The van der Waals surface area contributed by atoms with Gasteiger partial charge in [-0.1, -0.05) is 18.6 Å². The van der Waals surface area contributed by atoms with Crippen LogP contribution in [0.3, 0.4) is 0 Å². The summed E-state index contributed by atoms with van der Waals surface area (Å²) in [6.45, 7) is 9.39. The third-order valence-electron chi connectivity index (χ3n) is 3.06. The summed E-state index contributed by atoms with van der Waals surface area (Å²) in [6, 6.07) is 6.27. The zero-order valence-corrected chi connectivity index (χ0v) is 13.1. The van der Waals surface area contributed by atoms with Gasteiger partial charge in [0.05, 0.1) is 6.61 Å². The van der Waals surface area contributed by atoms with Crippen LogP contribution in [-0.2, 0) is 6.42 Å². The average molecular weight is 277 g/mol. The Labute approximate surface area is 122 Å². The van der Waals surface area contributed by atoms with Crippen LogP contribution in [-0.4, -0.2) is 19.3 Å². The molecule has 0 bridgehead atoms. The van der Waals surface area contributed by atoms with E-state index in [1.54, 1.807) is 0 Å². The number of nitrogens with two attached hydrogens (primary N) is 1. The van der Waals surface area contributed by atoms with E-state index in [0.29, 0.717) is 13.2 Å². The maximum Gasteiger partial charge on any atom is 0.161 e. The van der Waals surface area contributed by atoms with E-state index in [0.717, 1.165) is 24.3 Å². The molecule has 0 aromatic heterocycles. The van der Waals surface area contributed by atoms with Crippen molar-refractivity contribution in [3.05, 3.63) is 35.4 Å². The van der Waals surface area contributed by atoms with Crippen molar-refractivity contribution >= 4 is 0 Å². The molecular weight excluding hydrogens is 250 g/mol. The predicted octanol–water partition coefficient (Wildman–Crippen LogP) is 3.71. The summed E-state index contributed by atoms with van der Waals surface area (Å²) >= 11 is 0. The van der Waals surface area contributed by atoms with Gasteiger partial charge in [0, 0.05) is 6.04 Å². The molecule has 0 aliphatic rings. The average Bonchev–Trinajstić information content (AvgIpc) is 2.41. The molecule has 3 nitrogen and oxygen atoms in total. The third-order valence-corrected chi connectivity index (χ3v) is 3.06. The van der Waals surface area contributed by atoms with Crippen LogP contribution in [0.2, 0.25) is 0 Å². The third kappa shape index (κ3) is 5.66. The highest BCUT2D eigenvalue weighted by atomic mass is 16.5. The van der Waals surface area contributed by atoms with Gasteiger partial charge in [0.1, 0.15) is 6.61 Å². The molecule has 0 radical (unpaired) electrons. The number of hydrogen-bond donors (Lipinski definition) is 1. The molecule has 1 rings (SSSR count). The molecule has 0 aliphatic heterocycles. The van der Waals surface area contributed by atoms with Crippen LogP contribution in [0.1, 0.15) is 39.7 Å². The van der Waals surface area contributed by atoms with Crippen molar-refractivity contribution in [3.63, 3.8) is 0 Å². The Balaban J connectivity index is 2.81. The Morgan fingerprint density at radius 2 is 1.95 bits per heavy atom. The lowest BCUT2D eigenvalue weighted by atomic mass is 10.0. The number of hydrogen-bond acceptors (Lipinski definition) is 3. The largest absolute Gasteiger partial charge is 0.490 e. The Bertz CT molecular complexity index is 437. The molecule has 0 saturated carbocycles. The zero-order chi connectivity index (χ0) is 15.0. The Kier molecular flexibility index (Phi) is 7.16. The fourth-order valence-corrected chi connectivity index (χ4v) is 1.81. The van der Waals surface area contributed by atoms with Crippen molar-refractivity contribution < 1.29 is 9.47 Å². The molecule has 0 heterocycles. The van der Waals surface area contributed by atoms with Gasteiger partial charge in [0.25, 0.3) is 0 Å². The minimum atomic E-state index is 0.196. The minimum absolute atomic E-state index is 0.196. The highest BCUT2D eigenvalue weighted by Crippen LogP contribution is 2.29. The van der Waals surface area contributed by atoms with Crippen LogP contribution in [0.15, 0.2) is 29.8 Å². The Morgan fingerprint density at radius 1 is 1.20 bits per heavy atom. The zero-order valence-electron chi connectivity index (χ0n) is 13.1. The smallest absolute Gasteiger partial charge is 0.161 e. The van der Waals surface area contributed by atoms with Gasteiger partial charge in [-0.3, -0.25) is 0 Å². The lowest BCUT2D eigenvalue weighted by Crippen LogP contribution is -2.21. The fraction of sp³-hybridized carbons (Fsp3) is 0.529. The molecule has 1 atom stereocenters. The maximum atomic E-state index is 6.00. The second kappa shape index (κ2) is 8.64. The minimum Gasteiger partial charge on any atom is -0.490 e. The summed E-state index contributed by atoms with van der Waals surface area (Å²) < 4.78 is 11.4. The molecule has 0 aliphatic carbocycles. The quantitative estimate of drug-likeness (QED) is 0.737. The summed E-state index contributed by atoms with van der Waals surface area (Å²) in [5.41, 5.74) is 8.44. The molecule has 2 N–H and O–H groups in total. The molecule has 20 heavy (non-hydrogen) atoms. The van der Waals surface area contributed by atoms with E-state index in [4.69, 9.17) is 15.2 Å². The monoisotopic (exact) mass is 277 g/mol. The summed E-state index contributed by atoms with van der Waals surface area (Å²) in [7, 11) is 0. The molecule has 1 aromatic rings. The van der Waals surface area contributed by atoms with Gasteiger partial charge < -0.3 is 15.2 Å². The number of benzene rings is 1. The molecule has 1 aromatic carbocycles. The summed E-state index contributed by atoms with van der Waals surface area (Å²) in [6.07, 6.45) is 3.89. The van der Waals surface area contributed by atoms with E-state index in [1.807, 2.05) is 19.1 Å². The lowest BCUT2D eigenvalue weighted by Gasteiger charge is -2.14. The highest BCUT2D eigenvalue weighted by molar-refractivity contribution is 5.43. The van der Waals surface area contributed by atoms with E-state index in [1.165, 1.54) is 11.1 Å². The van der Waals surface area contributed by atoms with Crippen LogP contribution in [0.4, 0.5) is 0 Å². The van der Waals surface area contributed by atoms with Gasteiger partial charge >= 0.3 is 0 Å². The van der Waals surface area contributed by atoms with E-state index < -0.39 is 0 Å². The first-order chi connectivity index (χ1) is 9.56. The molecule has 112 valence electrons. The Morgan fingerprint density at radius 3 is 2.55 bits per heavy atom. The molecule has 3 heteroatoms. The summed E-state index contributed by atoms with van der Waals surface area (Å²) in [5, 5.41) is 0. The topological polar surface area (TPSA) is 44.5 Å². The van der Waals surface area contributed by atoms with Gasteiger partial charge in [-0.25, -0.2) is 0 Å². The first-order valence-corrected chi connectivity index (χ1v) is 7.34. The van der Waals surface area contributed by atoms with Crippen LogP contribution in [0, 0.1) is 0 Å². The Hall–Kier alpha value is -1.48. The lowest BCUT2D eigenvalue weighted by molar-refractivity contribution is 0.296. The maximum absolute atomic E-state index is 6.00. The van der Waals surface area contributed by atoms with Crippen LogP contribution >= 0.6 is 0 Å². The van der Waals surface area contributed by atoms with Crippen molar-refractivity contribution in [2.75, 3.05) is 13.2 Å². The van der Waals surface area contributed by atoms with Crippen LogP contribution in [0.25, 0.3) is 0 Å². The van der Waals surface area contributed by atoms with E-state index in [-0.39, 0.29) is 6.04 Å². The highest BCUT2D eigenvalue weighted by Gasteiger charge is 2.08. The standard InChI is InChI=1S/C17H27NO2/c1-5-15(18)11-14-7-8-16(17(12-14)19-6-2)20-10-9-13(3)4/h7-9,12,15H,5-6,10-11,18H2,1-4H3. The SMILES string of the molecule is CCOc1cc(CC(N)CC)ccc1OCC=C(C)C. The molecule has 1 unspecified atom stereocenters. The molecule has 0 amide bonds. The van der Waals surface area contributed by atoms with Crippen molar-refractivity contribution in [2.45, 2.75) is 46.6 Å². The molecule has 0 fully saturated rings. The summed E-state index contributed by atoms with van der Waals surface area (Å²) in [5.74, 6) is 1.59. The van der Waals surface area contributed by atoms with E-state index in [9.17, 15) is 0 Å². The van der Waals surface area contributed by atoms with E-state index >= 15 is 0 Å². The van der Waals surface area contributed by atoms with Crippen molar-refractivity contribution in [3.8, 4) is 11.5 Å². The number of ether oxygens (including phenoxy) is 2. The molecule has 0 spiro atoms. The van der Waals surface area contributed by atoms with Crippen molar-refractivity contribution in [1.82, 2.24) is 0 Å². The molecular formula is C17H27NO2. The molecule has 0 saturated heterocycles. The van der Waals surface area contributed by atoms with Gasteiger partial charge in [-0.05, 0) is 57.4 Å². The second-order valence-electron chi connectivity index (χ2n) is 5.18. The number of rotatable bonds is 8. The van der Waals surface area contributed by atoms with Gasteiger partial charge in [0.15, 0.2) is 11.5 Å². The van der Waals surface area contributed by atoms with Crippen molar-refractivity contribution in [2.24, 2.45) is 5.73 Å². The van der Waals surface area contributed by atoms with Crippen molar-refractivity contribution in [1.29, 1.82) is 0 Å². The second-order valence-corrected chi connectivity index (χ2v) is 5.18. The van der Waals surface area contributed by atoms with Crippen LogP contribution < -0.4 is 15.2 Å². The normalized spacial score (nSPS) is 11.8. The summed E-state index contributed by atoms with van der Waals surface area (Å²) in [4.78, 5) is 0. The van der Waals surface area contributed by atoms with Gasteiger partial charge in [-0.15, -0.1) is 0 Å². The predicted molar refractivity (Wildman–Crippen MR) is 84.5 cm³/mol. The van der Waals surface area contributed by atoms with E-state index in [2.05, 4.69) is 32.9 Å². The first-order valence-electron chi connectivity index (χ1n) is 7.34. The van der Waals surface area contributed by atoms with Gasteiger partial charge in [-0.2, -0.15) is 0 Å².